The van der Waals surface area contributed by atoms with E-state index in [1.807, 2.05) is 97.1 Å². The quantitative estimate of drug-likeness (QED) is 0.151. The largest absolute Gasteiger partial charge is 0.382 e. The van der Waals surface area contributed by atoms with Gasteiger partial charge in [-0.05, 0) is 89.0 Å². The molecular formula is C30H26Cl4N6. The molecule has 0 aliphatic rings. The second-order valence-electron chi connectivity index (χ2n) is 8.25. The van der Waals surface area contributed by atoms with Crippen LogP contribution in [-0.4, -0.2) is 21.6 Å². The summed E-state index contributed by atoms with van der Waals surface area (Å²) >= 11 is 6.55. The predicted octanol–water partition coefficient (Wildman–Crippen LogP) is 7.80. The number of rotatable bonds is 6. The molecule has 3 aromatic carbocycles. The fraction of sp³-hybridized carbons (Fsp3) is 0. The van der Waals surface area contributed by atoms with Crippen LogP contribution in [0.3, 0.4) is 0 Å². The van der Waals surface area contributed by atoms with E-state index in [2.05, 4.69) is 26.0 Å². The van der Waals surface area contributed by atoms with E-state index in [9.17, 15) is 0 Å². The maximum Gasteiger partial charge on any atom is 0.150 e. The van der Waals surface area contributed by atoms with Gasteiger partial charge in [-0.2, -0.15) is 0 Å². The summed E-state index contributed by atoms with van der Waals surface area (Å²) in [6.45, 7) is 0. The highest BCUT2D eigenvalue weighted by Gasteiger charge is 2.08. The number of aliphatic imine (C=N–C) groups is 2. The van der Waals surface area contributed by atoms with E-state index >= 15 is 0 Å². The Morgan fingerprint density at radius 3 is 1.38 bits per heavy atom. The van der Waals surface area contributed by atoms with Crippen molar-refractivity contribution >= 4 is 71.9 Å². The first kappa shape index (κ1) is 32.3. The summed E-state index contributed by atoms with van der Waals surface area (Å²) in [6.07, 6.45) is 3.38. The van der Waals surface area contributed by atoms with Crippen LogP contribution in [0.1, 0.15) is 11.4 Å². The van der Waals surface area contributed by atoms with Gasteiger partial charge in [0.2, 0.25) is 0 Å². The van der Waals surface area contributed by atoms with Crippen LogP contribution in [0.4, 0.5) is 11.4 Å². The molecular weight excluding hydrogens is 586 g/mol. The van der Waals surface area contributed by atoms with Crippen LogP contribution >= 0.6 is 48.8 Å². The van der Waals surface area contributed by atoms with Crippen LogP contribution in [0.2, 0.25) is 5.02 Å². The number of pyridine rings is 2. The zero-order valence-electron chi connectivity index (χ0n) is 21.0. The van der Waals surface area contributed by atoms with Crippen molar-refractivity contribution in [2.24, 2.45) is 21.5 Å². The fourth-order valence-corrected chi connectivity index (χ4v) is 4.09. The SMILES string of the molecule is Cl.Cl.Cl.NC(=Nc1cccc(-c2cc(Cl)cc(-c3cccc(N=C(N)c4ccccn4)c3)c2)c1)c1ccccn1. The smallest absolute Gasteiger partial charge is 0.150 e. The van der Waals surface area contributed by atoms with E-state index in [0.29, 0.717) is 28.1 Å². The van der Waals surface area contributed by atoms with Crippen molar-refractivity contribution in [2.45, 2.75) is 0 Å². The van der Waals surface area contributed by atoms with Crippen molar-refractivity contribution in [2.75, 3.05) is 0 Å². The molecule has 5 rings (SSSR count). The number of amidine groups is 2. The van der Waals surface area contributed by atoms with Gasteiger partial charge in [0.1, 0.15) is 23.1 Å². The third kappa shape index (κ3) is 8.04. The first-order chi connectivity index (χ1) is 18.0. The summed E-state index contributed by atoms with van der Waals surface area (Å²) in [4.78, 5) is 17.6. The van der Waals surface area contributed by atoms with Crippen LogP contribution in [0.25, 0.3) is 22.3 Å². The highest BCUT2D eigenvalue weighted by molar-refractivity contribution is 6.31. The van der Waals surface area contributed by atoms with Gasteiger partial charge in [-0.1, -0.05) is 48.0 Å². The maximum atomic E-state index is 6.55. The van der Waals surface area contributed by atoms with E-state index in [0.717, 1.165) is 33.6 Å². The highest BCUT2D eigenvalue weighted by Crippen LogP contribution is 2.33. The summed E-state index contributed by atoms with van der Waals surface area (Å²) in [6, 6.07) is 32.7. The molecule has 0 saturated carbocycles. The Kier molecular flexibility index (Phi) is 12.1. The zero-order valence-corrected chi connectivity index (χ0v) is 24.2. The number of halogens is 4. The Morgan fingerprint density at radius 2 is 0.975 bits per heavy atom. The van der Waals surface area contributed by atoms with E-state index in [1.165, 1.54) is 0 Å². The van der Waals surface area contributed by atoms with Gasteiger partial charge in [0.15, 0.2) is 0 Å². The molecule has 0 unspecified atom stereocenters. The molecule has 4 N–H and O–H groups in total. The first-order valence-corrected chi connectivity index (χ1v) is 12.0. The number of benzene rings is 3. The third-order valence-electron chi connectivity index (χ3n) is 5.61. The van der Waals surface area contributed by atoms with E-state index in [4.69, 9.17) is 23.1 Å². The Morgan fingerprint density at radius 1 is 0.525 bits per heavy atom. The molecule has 204 valence electrons. The fourth-order valence-electron chi connectivity index (χ4n) is 3.85. The number of hydrogen-bond acceptors (Lipinski definition) is 4. The standard InChI is InChI=1S/C30H23ClN6.3ClH/c31-24-16-22(20-7-5-9-25(18-20)36-29(32)27-11-1-3-13-34-27)15-23(17-24)21-8-6-10-26(19-21)37-30(33)28-12-2-4-14-35-28;;;/h1-19H,(H2,32,36)(H2,33,37);3*1H. The number of aromatic nitrogens is 2. The van der Waals surface area contributed by atoms with Crippen LogP contribution in [0, 0.1) is 0 Å². The number of hydrogen-bond donors (Lipinski definition) is 2. The minimum atomic E-state index is 0. The van der Waals surface area contributed by atoms with Gasteiger partial charge in [0.05, 0.1) is 11.4 Å². The van der Waals surface area contributed by atoms with Gasteiger partial charge in [-0.15, -0.1) is 37.2 Å². The van der Waals surface area contributed by atoms with Gasteiger partial charge < -0.3 is 11.5 Å². The summed E-state index contributed by atoms with van der Waals surface area (Å²) in [7, 11) is 0. The molecule has 0 spiro atoms. The minimum absolute atomic E-state index is 0. The summed E-state index contributed by atoms with van der Waals surface area (Å²) < 4.78 is 0. The molecule has 2 aromatic heterocycles. The van der Waals surface area contributed by atoms with E-state index in [1.54, 1.807) is 12.4 Å². The molecule has 0 fully saturated rings. The molecule has 5 aromatic rings. The summed E-state index contributed by atoms with van der Waals surface area (Å²) in [5, 5.41) is 0.622. The van der Waals surface area contributed by atoms with E-state index in [-0.39, 0.29) is 37.2 Å². The summed E-state index contributed by atoms with van der Waals surface area (Å²) in [5.74, 6) is 0.707. The predicted molar refractivity (Wildman–Crippen MR) is 173 cm³/mol. The Balaban J connectivity index is 0.00000187. The van der Waals surface area contributed by atoms with Gasteiger partial charge >= 0.3 is 0 Å². The molecule has 0 atom stereocenters. The Hall–Kier alpha value is -3.94. The molecule has 0 aliphatic heterocycles. The molecule has 0 bridgehead atoms. The number of nitrogens with two attached hydrogens (primary N) is 2. The van der Waals surface area contributed by atoms with Crippen molar-refractivity contribution in [1.82, 2.24) is 9.97 Å². The molecule has 0 amide bonds. The van der Waals surface area contributed by atoms with Crippen LogP contribution < -0.4 is 11.5 Å². The van der Waals surface area contributed by atoms with Gasteiger partial charge in [-0.25, -0.2) is 9.98 Å². The van der Waals surface area contributed by atoms with Crippen molar-refractivity contribution < 1.29 is 0 Å². The second kappa shape index (κ2) is 15.0. The summed E-state index contributed by atoms with van der Waals surface area (Å²) in [5.41, 5.74) is 18.9. The third-order valence-corrected chi connectivity index (χ3v) is 5.83. The molecule has 2 heterocycles. The van der Waals surface area contributed by atoms with Crippen LogP contribution in [-0.2, 0) is 0 Å². The molecule has 40 heavy (non-hydrogen) atoms. The Labute approximate surface area is 256 Å². The van der Waals surface area contributed by atoms with Crippen molar-refractivity contribution in [3.05, 3.63) is 132 Å². The normalized spacial score (nSPS) is 11.0. The van der Waals surface area contributed by atoms with Crippen LogP contribution in [0.15, 0.2) is 126 Å². The lowest BCUT2D eigenvalue weighted by Crippen LogP contribution is -2.14. The lowest BCUT2D eigenvalue weighted by molar-refractivity contribution is 1.27. The van der Waals surface area contributed by atoms with Crippen molar-refractivity contribution in [3.8, 4) is 22.3 Å². The molecule has 0 radical (unpaired) electrons. The zero-order chi connectivity index (χ0) is 25.6. The van der Waals surface area contributed by atoms with Crippen molar-refractivity contribution in [3.63, 3.8) is 0 Å². The molecule has 0 saturated heterocycles. The monoisotopic (exact) mass is 610 g/mol. The van der Waals surface area contributed by atoms with Gasteiger partial charge in [0.25, 0.3) is 0 Å². The first-order valence-electron chi connectivity index (χ1n) is 11.6. The second-order valence-corrected chi connectivity index (χ2v) is 8.69. The molecule has 0 aliphatic carbocycles. The average molecular weight is 612 g/mol. The van der Waals surface area contributed by atoms with Gasteiger partial charge in [-0.3, -0.25) is 9.97 Å². The highest BCUT2D eigenvalue weighted by atomic mass is 35.5. The molecule has 6 nitrogen and oxygen atoms in total. The molecule has 10 heteroatoms. The minimum Gasteiger partial charge on any atom is -0.382 e. The average Bonchev–Trinajstić information content (AvgIpc) is 2.94. The number of nitrogens with zero attached hydrogens (tertiary/aromatic N) is 4. The lowest BCUT2D eigenvalue weighted by atomic mass is 9.98. The van der Waals surface area contributed by atoms with Crippen molar-refractivity contribution in [1.29, 1.82) is 0 Å². The Bertz CT molecular complexity index is 1490. The maximum absolute atomic E-state index is 6.55. The van der Waals surface area contributed by atoms with Gasteiger partial charge in [0, 0.05) is 17.4 Å². The van der Waals surface area contributed by atoms with E-state index < -0.39 is 0 Å². The van der Waals surface area contributed by atoms with Crippen LogP contribution in [0.5, 0.6) is 0 Å². The topological polar surface area (TPSA) is 103 Å². The lowest BCUT2D eigenvalue weighted by Gasteiger charge is -2.09.